The Morgan fingerprint density at radius 1 is 1.00 bits per heavy atom. The molecule has 2 aromatic heterocycles. The fourth-order valence-electron chi connectivity index (χ4n) is 5.10. The van der Waals surface area contributed by atoms with Crippen LogP contribution in [0.2, 0.25) is 0 Å². The molecule has 1 atom stereocenters. The molecular formula is C33H44N6O2. The number of hydrogen-bond acceptors (Lipinski definition) is 6. The number of anilines is 2. The van der Waals surface area contributed by atoms with E-state index in [2.05, 4.69) is 41.5 Å². The summed E-state index contributed by atoms with van der Waals surface area (Å²) < 4.78 is 7.04. The van der Waals surface area contributed by atoms with Crippen LogP contribution in [0, 0.1) is 5.92 Å². The van der Waals surface area contributed by atoms with E-state index in [4.69, 9.17) is 9.72 Å². The van der Waals surface area contributed by atoms with Crippen LogP contribution in [0.1, 0.15) is 62.7 Å². The molecule has 0 saturated carbocycles. The minimum absolute atomic E-state index is 0.0419. The molecule has 0 bridgehead atoms. The first kappa shape index (κ1) is 30.1. The van der Waals surface area contributed by atoms with Crippen molar-refractivity contribution in [1.82, 2.24) is 24.8 Å². The highest BCUT2D eigenvalue weighted by Gasteiger charge is 2.12. The third-order valence-electron chi connectivity index (χ3n) is 7.59. The smallest absolute Gasteiger partial charge is 0.251 e. The Bertz CT molecular complexity index is 1370. The van der Waals surface area contributed by atoms with Crippen molar-refractivity contribution in [1.29, 1.82) is 0 Å². The Labute approximate surface area is 244 Å². The Balaban J connectivity index is 1.25. The van der Waals surface area contributed by atoms with Crippen LogP contribution in [0.4, 0.5) is 11.6 Å². The van der Waals surface area contributed by atoms with Crippen LogP contribution in [0.3, 0.4) is 0 Å². The van der Waals surface area contributed by atoms with Crippen molar-refractivity contribution in [3.8, 4) is 16.9 Å². The highest BCUT2D eigenvalue weighted by molar-refractivity contribution is 5.94. The normalized spacial score (nSPS) is 12.0. The van der Waals surface area contributed by atoms with Gasteiger partial charge in [0.05, 0.1) is 7.11 Å². The lowest BCUT2D eigenvalue weighted by molar-refractivity contribution is 0.0952. The first-order valence-electron chi connectivity index (χ1n) is 14.8. The summed E-state index contributed by atoms with van der Waals surface area (Å²) in [6, 6.07) is 19.3. The average Bonchev–Trinajstić information content (AvgIpc) is 3.41. The Morgan fingerprint density at radius 2 is 1.78 bits per heavy atom. The topological polar surface area (TPSA) is 83.8 Å². The molecule has 4 aromatic rings. The van der Waals surface area contributed by atoms with E-state index < -0.39 is 0 Å². The first-order chi connectivity index (χ1) is 20.0. The zero-order valence-corrected chi connectivity index (χ0v) is 24.9. The molecule has 0 radical (unpaired) electrons. The van der Waals surface area contributed by atoms with E-state index in [1.54, 1.807) is 11.6 Å². The molecule has 218 valence electrons. The number of rotatable bonds is 16. The second kappa shape index (κ2) is 15.2. The lowest BCUT2D eigenvalue weighted by Crippen LogP contribution is -2.24. The van der Waals surface area contributed by atoms with E-state index in [-0.39, 0.29) is 5.91 Å². The van der Waals surface area contributed by atoms with Crippen molar-refractivity contribution < 1.29 is 9.53 Å². The van der Waals surface area contributed by atoms with Gasteiger partial charge in [0.25, 0.3) is 5.91 Å². The molecule has 8 nitrogen and oxygen atoms in total. The number of nitrogens with zero attached hydrogens (tertiary/aromatic N) is 4. The SMILES string of the molecule is CCCN(C)CCC(CC)CCCCNC(=O)c1ccc(Nc2nc3c(-c4ccc(OC)cc4)cccn3n2)cc1. The number of benzene rings is 2. The molecule has 4 rings (SSSR count). The fourth-order valence-corrected chi connectivity index (χ4v) is 5.10. The molecule has 2 aromatic carbocycles. The van der Waals surface area contributed by atoms with Crippen LogP contribution in [0.15, 0.2) is 66.9 Å². The lowest BCUT2D eigenvalue weighted by Gasteiger charge is -2.20. The van der Waals surface area contributed by atoms with Crippen LogP contribution < -0.4 is 15.4 Å². The number of ether oxygens (including phenoxy) is 1. The van der Waals surface area contributed by atoms with Crippen LogP contribution in [-0.4, -0.2) is 59.2 Å². The monoisotopic (exact) mass is 556 g/mol. The molecule has 8 heteroatoms. The molecule has 2 N–H and O–H groups in total. The minimum atomic E-state index is -0.0419. The van der Waals surface area contributed by atoms with Gasteiger partial charge >= 0.3 is 0 Å². The standard InChI is InChI=1S/C33H44N6O2/c1-5-22-38(3)24-20-25(6-2)10-7-8-21-34-32(40)27-12-16-28(17-13-27)35-33-36-31-30(11-9-23-39(31)37-33)26-14-18-29(41-4)19-15-26/h9,11-19,23,25H,5-8,10,20-22,24H2,1-4H3,(H,34,40)(H,35,37). The maximum absolute atomic E-state index is 12.7. The van der Waals surface area contributed by atoms with Gasteiger partial charge in [0.1, 0.15) is 5.75 Å². The summed E-state index contributed by atoms with van der Waals surface area (Å²) in [4.78, 5) is 19.8. The number of carbonyl (C=O) groups is 1. The van der Waals surface area contributed by atoms with Gasteiger partial charge in [-0.15, -0.1) is 5.10 Å². The van der Waals surface area contributed by atoms with Crippen molar-refractivity contribution in [3.63, 3.8) is 0 Å². The second-order valence-corrected chi connectivity index (χ2v) is 10.7. The van der Waals surface area contributed by atoms with Crippen LogP contribution in [0.25, 0.3) is 16.8 Å². The number of nitrogens with one attached hydrogen (secondary N) is 2. The van der Waals surface area contributed by atoms with E-state index in [0.717, 1.165) is 47.0 Å². The Morgan fingerprint density at radius 3 is 2.49 bits per heavy atom. The summed E-state index contributed by atoms with van der Waals surface area (Å²) >= 11 is 0. The number of fused-ring (bicyclic) bond motifs is 1. The molecule has 1 unspecified atom stereocenters. The molecule has 41 heavy (non-hydrogen) atoms. The van der Waals surface area contributed by atoms with E-state index in [0.29, 0.717) is 18.1 Å². The molecule has 0 saturated heterocycles. The van der Waals surface area contributed by atoms with Crippen LogP contribution >= 0.6 is 0 Å². The molecule has 2 heterocycles. The molecule has 0 aliphatic carbocycles. The third kappa shape index (κ3) is 8.54. The minimum Gasteiger partial charge on any atom is -0.497 e. The van der Waals surface area contributed by atoms with Gasteiger partial charge in [0.15, 0.2) is 5.65 Å². The van der Waals surface area contributed by atoms with Crippen LogP contribution in [0.5, 0.6) is 5.75 Å². The van der Waals surface area contributed by atoms with E-state index in [1.807, 2.05) is 66.9 Å². The maximum Gasteiger partial charge on any atom is 0.251 e. The zero-order chi connectivity index (χ0) is 29.0. The van der Waals surface area contributed by atoms with Gasteiger partial charge in [0, 0.05) is 29.6 Å². The number of carbonyl (C=O) groups excluding carboxylic acids is 1. The highest BCUT2D eigenvalue weighted by atomic mass is 16.5. The van der Waals surface area contributed by atoms with Gasteiger partial charge in [-0.05, 0) is 99.4 Å². The predicted molar refractivity (Wildman–Crippen MR) is 167 cm³/mol. The van der Waals surface area contributed by atoms with Gasteiger partial charge in [-0.3, -0.25) is 4.79 Å². The number of aromatic nitrogens is 3. The quantitative estimate of drug-likeness (QED) is 0.148. The van der Waals surface area contributed by atoms with E-state index >= 15 is 0 Å². The van der Waals surface area contributed by atoms with E-state index in [1.165, 1.54) is 38.8 Å². The maximum atomic E-state index is 12.7. The average molecular weight is 557 g/mol. The van der Waals surface area contributed by atoms with Gasteiger partial charge < -0.3 is 20.3 Å². The number of amides is 1. The molecular weight excluding hydrogens is 512 g/mol. The lowest BCUT2D eigenvalue weighted by atomic mass is 9.95. The predicted octanol–water partition coefficient (Wildman–Crippen LogP) is 6.81. The van der Waals surface area contributed by atoms with Crippen LogP contribution in [-0.2, 0) is 0 Å². The summed E-state index contributed by atoms with van der Waals surface area (Å²) in [5.41, 5.74) is 4.23. The summed E-state index contributed by atoms with van der Waals surface area (Å²) in [5, 5.41) is 10.9. The largest absolute Gasteiger partial charge is 0.497 e. The number of unbranched alkanes of at least 4 members (excludes halogenated alkanes) is 1. The summed E-state index contributed by atoms with van der Waals surface area (Å²) in [6.07, 6.45) is 8.94. The highest BCUT2D eigenvalue weighted by Crippen LogP contribution is 2.27. The first-order valence-corrected chi connectivity index (χ1v) is 14.8. The summed E-state index contributed by atoms with van der Waals surface area (Å²) in [7, 11) is 3.87. The van der Waals surface area contributed by atoms with Gasteiger partial charge in [-0.25, -0.2) is 4.52 Å². The summed E-state index contributed by atoms with van der Waals surface area (Å²) in [6.45, 7) is 7.56. The van der Waals surface area contributed by atoms with Crippen molar-refractivity contribution in [2.45, 2.75) is 52.4 Å². The van der Waals surface area contributed by atoms with Crippen molar-refractivity contribution in [3.05, 3.63) is 72.4 Å². The molecule has 0 aliphatic rings. The zero-order valence-electron chi connectivity index (χ0n) is 24.9. The Kier molecular flexibility index (Phi) is 11.1. The van der Waals surface area contributed by atoms with Gasteiger partial charge in [-0.2, -0.15) is 4.98 Å². The Hall–Kier alpha value is -3.91. The molecule has 1 amide bonds. The number of methoxy groups -OCH3 is 1. The van der Waals surface area contributed by atoms with Crippen molar-refractivity contribution in [2.75, 3.05) is 39.1 Å². The molecule has 0 fully saturated rings. The van der Waals surface area contributed by atoms with Crippen molar-refractivity contribution >= 4 is 23.2 Å². The number of hydrogen-bond donors (Lipinski definition) is 2. The number of pyridine rings is 1. The van der Waals surface area contributed by atoms with Gasteiger partial charge in [-0.1, -0.05) is 45.2 Å². The van der Waals surface area contributed by atoms with Crippen molar-refractivity contribution in [2.24, 2.45) is 5.92 Å². The summed E-state index contributed by atoms with van der Waals surface area (Å²) in [5.74, 6) is 2.02. The molecule has 0 aliphatic heterocycles. The van der Waals surface area contributed by atoms with Gasteiger partial charge in [0.2, 0.25) is 5.95 Å². The molecule has 0 spiro atoms. The second-order valence-electron chi connectivity index (χ2n) is 10.7. The fraction of sp³-hybridized carbons (Fsp3) is 0.424. The third-order valence-corrected chi connectivity index (χ3v) is 7.59. The van der Waals surface area contributed by atoms with E-state index in [9.17, 15) is 4.79 Å².